The number of anilines is 2. The van der Waals surface area contributed by atoms with Gasteiger partial charge in [0.2, 0.25) is 0 Å². The van der Waals surface area contributed by atoms with E-state index in [0.717, 1.165) is 38.5 Å². The van der Waals surface area contributed by atoms with E-state index in [0.29, 0.717) is 29.1 Å². The van der Waals surface area contributed by atoms with Crippen molar-refractivity contribution in [3.63, 3.8) is 0 Å². The van der Waals surface area contributed by atoms with E-state index >= 15 is 0 Å². The molecule has 0 atom stereocenters. The van der Waals surface area contributed by atoms with Crippen molar-refractivity contribution in [3.8, 4) is 0 Å². The van der Waals surface area contributed by atoms with Crippen molar-refractivity contribution < 1.29 is 23.9 Å². The quantitative estimate of drug-likeness (QED) is 0.380. The summed E-state index contributed by atoms with van der Waals surface area (Å²) in [5.41, 5.74) is 1.76. The first kappa shape index (κ1) is 25.4. The normalized spacial score (nSPS) is 16.3. The highest BCUT2D eigenvalue weighted by atomic mass is 35.5. The number of hydrogen-bond donors (Lipinski definition) is 2. The van der Waals surface area contributed by atoms with Gasteiger partial charge in [-0.3, -0.25) is 19.3 Å². The molecule has 2 aliphatic rings. The second-order valence-electron chi connectivity index (χ2n) is 8.83. The maximum Gasteiger partial charge on any atom is 0.338 e. The Balaban J connectivity index is 1.40. The molecule has 36 heavy (non-hydrogen) atoms. The molecule has 0 radical (unpaired) electrons. The van der Waals surface area contributed by atoms with E-state index < -0.39 is 17.8 Å². The summed E-state index contributed by atoms with van der Waals surface area (Å²) in [6.45, 7) is 2.24. The molecule has 1 saturated carbocycles. The van der Waals surface area contributed by atoms with Crippen molar-refractivity contribution >= 4 is 46.7 Å². The molecule has 1 aliphatic heterocycles. The van der Waals surface area contributed by atoms with Crippen molar-refractivity contribution in [2.75, 3.05) is 17.2 Å². The lowest BCUT2D eigenvalue weighted by Crippen LogP contribution is -2.42. The van der Waals surface area contributed by atoms with Crippen LogP contribution in [0.25, 0.3) is 0 Å². The second-order valence-corrected chi connectivity index (χ2v) is 9.21. The molecule has 4 rings (SSSR count). The van der Waals surface area contributed by atoms with Crippen LogP contribution in [0, 0.1) is 0 Å². The summed E-state index contributed by atoms with van der Waals surface area (Å²) in [4.78, 5) is 51.6. The second kappa shape index (κ2) is 11.4. The highest BCUT2D eigenvalue weighted by Crippen LogP contribution is 2.32. The van der Waals surface area contributed by atoms with Gasteiger partial charge in [0, 0.05) is 23.0 Å². The zero-order valence-corrected chi connectivity index (χ0v) is 20.8. The average Bonchev–Trinajstić information content (AvgIpc) is 3.11. The van der Waals surface area contributed by atoms with Crippen molar-refractivity contribution in [1.29, 1.82) is 0 Å². The maximum atomic E-state index is 12.9. The minimum absolute atomic E-state index is 0.0521. The van der Waals surface area contributed by atoms with E-state index in [1.54, 1.807) is 48.5 Å². The number of hydrogen-bond acceptors (Lipinski definition) is 6. The first-order chi connectivity index (χ1) is 17.4. The molecular weight excluding hydrogens is 482 g/mol. The molecule has 0 saturated heterocycles. The molecule has 1 aliphatic carbocycles. The summed E-state index contributed by atoms with van der Waals surface area (Å²) in [7, 11) is 0. The van der Waals surface area contributed by atoms with E-state index in [9.17, 15) is 19.2 Å². The SMILES string of the molecule is CCCOC(=O)c1cccc(NC(=O)c2ccc(NC3=C(Cl)C(=O)N(C4CCCCC4)C3=O)cc2)c1. The van der Waals surface area contributed by atoms with Gasteiger partial charge >= 0.3 is 5.97 Å². The fourth-order valence-corrected chi connectivity index (χ4v) is 4.57. The lowest BCUT2D eigenvalue weighted by Gasteiger charge is -2.29. The Bertz CT molecular complexity index is 1200. The van der Waals surface area contributed by atoms with Gasteiger partial charge in [-0.15, -0.1) is 0 Å². The molecule has 2 aromatic carbocycles. The molecule has 0 spiro atoms. The summed E-state index contributed by atoms with van der Waals surface area (Å²) in [5.74, 6) is -1.70. The minimum Gasteiger partial charge on any atom is -0.462 e. The largest absolute Gasteiger partial charge is 0.462 e. The number of halogens is 1. The van der Waals surface area contributed by atoms with E-state index in [2.05, 4.69) is 10.6 Å². The Hall–Kier alpha value is -3.65. The van der Waals surface area contributed by atoms with E-state index in [1.165, 1.54) is 4.90 Å². The van der Waals surface area contributed by atoms with Crippen LogP contribution in [0.2, 0.25) is 0 Å². The molecule has 8 nitrogen and oxygen atoms in total. The van der Waals surface area contributed by atoms with Gasteiger partial charge in [-0.2, -0.15) is 0 Å². The molecule has 9 heteroatoms. The smallest absolute Gasteiger partial charge is 0.338 e. The number of nitrogens with zero attached hydrogens (tertiary/aromatic N) is 1. The Morgan fingerprint density at radius 3 is 2.39 bits per heavy atom. The number of carbonyl (C=O) groups is 4. The number of rotatable bonds is 8. The Morgan fingerprint density at radius 2 is 1.69 bits per heavy atom. The maximum absolute atomic E-state index is 12.9. The van der Waals surface area contributed by atoms with Gasteiger partial charge in [-0.05, 0) is 61.7 Å². The summed E-state index contributed by atoms with van der Waals surface area (Å²) in [5, 5.41) is 5.59. The standard InChI is InChI=1S/C27H28ClN3O5/c1-2-15-36-27(35)18-7-6-8-20(16-18)30-24(32)17-11-13-19(14-12-17)29-23-22(28)25(33)31(26(23)34)21-9-4-3-5-10-21/h6-8,11-14,16,21,29H,2-5,9-10,15H2,1H3,(H,30,32). The first-order valence-corrected chi connectivity index (χ1v) is 12.5. The predicted octanol–water partition coefficient (Wildman–Crippen LogP) is 5.07. The van der Waals surface area contributed by atoms with Gasteiger partial charge in [0.15, 0.2) is 0 Å². The molecule has 1 fully saturated rings. The molecule has 2 N–H and O–H groups in total. The van der Waals surface area contributed by atoms with Gasteiger partial charge in [0.1, 0.15) is 10.7 Å². The monoisotopic (exact) mass is 509 g/mol. The van der Waals surface area contributed by atoms with Gasteiger partial charge in [0.05, 0.1) is 12.2 Å². The third kappa shape index (κ3) is 5.60. The number of benzene rings is 2. The average molecular weight is 510 g/mol. The highest BCUT2D eigenvalue weighted by Gasteiger charge is 2.42. The van der Waals surface area contributed by atoms with Crippen molar-refractivity contribution in [3.05, 3.63) is 70.4 Å². The lowest BCUT2D eigenvalue weighted by molar-refractivity contribution is -0.140. The Morgan fingerprint density at radius 1 is 0.972 bits per heavy atom. The van der Waals surface area contributed by atoms with Crippen molar-refractivity contribution in [2.24, 2.45) is 0 Å². The Kier molecular flexibility index (Phi) is 8.05. The highest BCUT2D eigenvalue weighted by molar-refractivity contribution is 6.48. The van der Waals surface area contributed by atoms with E-state index in [4.69, 9.17) is 16.3 Å². The van der Waals surface area contributed by atoms with Crippen LogP contribution < -0.4 is 10.6 Å². The fourth-order valence-electron chi connectivity index (χ4n) is 4.35. The Labute approximate surface area is 214 Å². The molecule has 0 unspecified atom stereocenters. The number of carbonyl (C=O) groups excluding carboxylic acids is 4. The number of esters is 1. The first-order valence-electron chi connectivity index (χ1n) is 12.1. The van der Waals surface area contributed by atoms with E-state index in [1.807, 2.05) is 6.92 Å². The topological polar surface area (TPSA) is 105 Å². The summed E-state index contributed by atoms with van der Waals surface area (Å²) >= 11 is 6.23. The van der Waals surface area contributed by atoms with Gasteiger partial charge in [-0.1, -0.05) is 43.9 Å². The molecular formula is C27H28ClN3O5. The molecule has 2 aromatic rings. The van der Waals surface area contributed by atoms with Gasteiger partial charge in [-0.25, -0.2) is 4.79 Å². The van der Waals surface area contributed by atoms with Crippen LogP contribution in [0.4, 0.5) is 11.4 Å². The van der Waals surface area contributed by atoms with Crippen molar-refractivity contribution in [1.82, 2.24) is 4.90 Å². The van der Waals surface area contributed by atoms with E-state index in [-0.39, 0.29) is 22.7 Å². The summed E-state index contributed by atoms with van der Waals surface area (Å²) < 4.78 is 5.13. The summed E-state index contributed by atoms with van der Waals surface area (Å²) in [6.07, 6.45) is 5.39. The van der Waals surface area contributed by atoms with Crippen LogP contribution in [0.15, 0.2) is 59.3 Å². The number of ether oxygens (including phenoxy) is 1. The molecule has 3 amide bonds. The van der Waals surface area contributed by atoms with Crippen LogP contribution >= 0.6 is 11.6 Å². The molecule has 188 valence electrons. The van der Waals surface area contributed by atoms with Crippen molar-refractivity contribution in [2.45, 2.75) is 51.5 Å². The lowest BCUT2D eigenvalue weighted by atomic mass is 9.94. The van der Waals surface area contributed by atoms with Crippen LogP contribution in [-0.4, -0.2) is 41.2 Å². The minimum atomic E-state index is -0.465. The third-order valence-electron chi connectivity index (χ3n) is 6.21. The summed E-state index contributed by atoms with van der Waals surface area (Å²) in [6, 6.07) is 12.8. The number of amides is 3. The fraction of sp³-hybridized carbons (Fsp3) is 0.333. The zero-order valence-electron chi connectivity index (χ0n) is 20.0. The number of imide groups is 1. The predicted molar refractivity (Wildman–Crippen MR) is 137 cm³/mol. The molecule has 0 bridgehead atoms. The molecule has 1 heterocycles. The van der Waals surface area contributed by atoms with Crippen LogP contribution in [0.3, 0.4) is 0 Å². The zero-order chi connectivity index (χ0) is 25.7. The molecule has 0 aromatic heterocycles. The van der Waals surface area contributed by atoms with Crippen LogP contribution in [0.5, 0.6) is 0 Å². The van der Waals surface area contributed by atoms with Crippen LogP contribution in [0.1, 0.15) is 66.2 Å². The number of nitrogens with one attached hydrogen (secondary N) is 2. The van der Waals surface area contributed by atoms with Crippen LogP contribution in [-0.2, 0) is 14.3 Å². The van der Waals surface area contributed by atoms with Gasteiger partial charge < -0.3 is 15.4 Å². The third-order valence-corrected chi connectivity index (χ3v) is 6.56. The van der Waals surface area contributed by atoms with Gasteiger partial charge in [0.25, 0.3) is 17.7 Å².